The molecule has 0 atom stereocenters. The third kappa shape index (κ3) is 1.78. The number of hydrogen-bond acceptors (Lipinski definition) is 2. The molecular formula is C12H15N3O. The summed E-state index contributed by atoms with van der Waals surface area (Å²) in [7, 11) is 1.83. The highest BCUT2D eigenvalue weighted by atomic mass is 16.1. The molecule has 0 aliphatic heterocycles. The van der Waals surface area contributed by atoms with E-state index in [1.165, 1.54) is 0 Å². The summed E-state index contributed by atoms with van der Waals surface area (Å²) in [6, 6.07) is 3.77. The van der Waals surface area contributed by atoms with E-state index >= 15 is 0 Å². The van der Waals surface area contributed by atoms with E-state index in [-0.39, 0.29) is 11.5 Å². The van der Waals surface area contributed by atoms with Gasteiger partial charge in [-0.2, -0.15) is 5.10 Å². The zero-order valence-electron chi connectivity index (χ0n) is 9.71. The average molecular weight is 217 g/mol. The van der Waals surface area contributed by atoms with Gasteiger partial charge in [0.15, 0.2) is 0 Å². The van der Waals surface area contributed by atoms with Crippen molar-refractivity contribution in [1.82, 2.24) is 14.3 Å². The average Bonchev–Trinajstić information content (AvgIpc) is 2.64. The molecule has 0 radical (unpaired) electrons. The fourth-order valence-electron chi connectivity index (χ4n) is 1.69. The molecule has 0 amide bonds. The Morgan fingerprint density at radius 3 is 2.69 bits per heavy atom. The second-order valence-electron chi connectivity index (χ2n) is 4.17. The van der Waals surface area contributed by atoms with Gasteiger partial charge in [-0.3, -0.25) is 14.0 Å². The summed E-state index contributed by atoms with van der Waals surface area (Å²) in [6.45, 7) is 4.04. The van der Waals surface area contributed by atoms with E-state index in [0.29, 0.717) is 0 Å². The lowest BCUT2D eigenvalue weighted by Crippen LogP contribution is -2.21. The van der Waals surface area contributed by atoms with Crippen LogP contribution in [0.25, 0.3) is 5.69 Å². The number of aromatic nitrogens is 3. The summed E-state index contributed by atoms with van der Waals surface area (Å²) in [4.78, 5) is 12.1. The molecule has 4 heteroatoms. The van der Waals surface area contributed by atoms with Crippen molar-refractivity contribution in [3.63, 3.8) is 0 Å². The highest BCUT2D eigenvalue weighted by Crippen LogP contribution is 2.10. The minimum atomic E-state index is 0.0329. The molecule has 0 aliphatic carbocycles. The minimum absolute atomic E-state index is 0.0329. The zero-order valence-corrected chi connectivity index (χ0v) is 9.71. The molecule has 84 valence electrons. The zero-order chi connectivity index (χ0) is 11.7. The van der Waals surface area contributed by atoms with E-state index in [9.17, 15) is 4.79 Å². The lowest BCUT2D eigenvalue weighted by molar-refractivity contribution is 0.766. The van der Waals surface area contributed by atoms with Crippen LogP contribution in [0.5, 0.6) is 0 Å². The standard InChI is InChI=1S/C12H15N3O/c1-9(2)11-5-4-6-15(12(11)16)10-7-13-14(3)8-10/h4-9H,1-3H3. The second-order valence-corrected chi connectivity index (χ2v) is 4.17. The van der Waals surface area contributed by atoms with Crippen LogP contribution >= 0.6 is 0 Å². The number of aryl methyl sites for hydroxylation is 1. The SMILES string of the molecule is CC(C)c1cccn(-c2cnn(C)c2)c1=O. The van der Waals surface area contributed by atoms with Crippen LogP contribution in [0.2, 0.25) is 0 Å². The molecule has 2 aromatic rings. The first-order valence-electron chi connectivity index (χ1n) is 5.30. The van der Waals surface area contributed by atoms with Crippen molar-refractivity contribution in [1.29, 1.82) is 0 Å². The molecule has 0 fully saturated rings. The van der Waals surface area contributed by atoms with Gasteiger partial charge in [0, 0.05) is 25.0 Å². The van der Waals surface area contributed by atoms with Gasteiger partial charge in [0.2, 0.25) is 0 Å². The molecule has 0 unspecified atom stereocenters. The van der Waals surface area contributed by atoms with Gasteiger partial charge >= 0.3 is 0 Å². The molecule has 0 saturated heterocycles. The maximum absolute atomic E-state index is 12.1. The normalized spacial score (nSPS) is 11.0. The van der Waals surface area contributed by atoms with E-state index in [4.69, 9.17) is 0 Å². The van der Waals surface area contributed by atoms with Gasteiger partial charge in [-0.25, -0.2) is 0 Å². The van der Waals surface area contributed by atoms with E-state index < -0.39 is 0 Å². The Kier molecular flexibility index (Phi) is 2.64. The molecule has 0 saturated carbocycles. The van der Waals surface area contributed by atoms with Crippen molar-refractivity contribution < 1.29 is 0 Å². The van der Waals surface area contributed by atoms with Crippen LogP contribution in [-0.4, -0.2) is 14.3 Å². The maximum Gasteiger partial charge on any atom is 0.258 e. The smallest absolute Gasteiger partial charge is 0.258 e. The van der Waals surface area contributed by atoms with Gasteiger partial charge in [-0.15, -0.1) is 0 Å². The Balaban J connectivity index is 2.59. The van der Waals surface area contributed by atoms with Crippen molar-refractivity contribution in [2.24, 2.45) is 7.05 Å². The first kappa shape index (κ1) is 10.7. The molecule has 0 N–H and O–H groups in total. The van der Waals surface area contributed by atoms with Crippen molar-refractivity contribution >= 4 is 0 Å². The Morgan fingerprint density at radius 2 is 2.12 bits per heavy atom. The van der Waals surface area contributed by atoms with Crippen molar-refractivity contribution in [2.45, 2.75) is 19.8 Å². The van der Waals surface area contributed by atoms with Crippen LogP contribution in [0.15, 0.2) is 35.5 Å². The van der Waals surface area contributed by atoms with Crippen molar-refractivity contribution in [3.8, 4) is 5.69 Å². The lowest BCUT2D eigenvalue weighted by atomic mass is 10.1. The maximum atomic E-state index is 12.1. The first-order chi connectivity index (χ1) is 7.59. The van der Waals surface area contributed by atoms with Gasteiger partial charge in [-0.05, 0) is 12.0 Å². The van der Waals surface area contributed by atoms with Gasteiger partial charge in [0.1, 0.15) is 0 Å². The molecule has 2 aromatic heterocycles. The summed E-state index contributed by atoms with van der Waals surface area (Å²) < 4.78 is 3.31. The molecule has 4 nitrogen and oxygen atoms in total. The Morgan fingerprint density at radius 1 is 1.38 bits per heavy atom. The van der Waals surface area contributed by atoms with E-state index in [1.54, 1.807) is 21.6 Å². The predicted molar refractivity (Wildman–Crippen MR) is 62.9 cm³/mol. The largest absolute Gasteiger partial charge is 0.281 e. The monoisotopic (exact) mass is 217 g/mol. The van der Waals surface area contributed by atoms with Crippen molar-refractivity contribution in [3.05, 3.63) is 46.6 Å². The Bertz CT molecular complexity index is 551. The lowest BCUT2D eigenvalue weighted by Gasteiger charge is -2.07. The van der Waals surface area contributed by atoms with Crippen LogP contribution in [0, 0.1) is 0 Å². The van der Waals surface area contributed by atoms with Crippen LogP contribution in [-0.2, 0) is 7.05 Å². The molecule has 0 bridgehead atoms. The number of pyridine rings is 1. The molecular weight excluding hydrogens is 202 g/mol. The summed E-state index contributed by atoms with van der Waals surface area (Å²) in [5, 5.41) is 4.07. The van der Waals surface area contributed by atoms with Crippen molar-refractivity contribution in [2.75, 3.05) is 0 Å². The van der Waals surface area contributed by atoms with E-state index in [0.717, 1.165) is 11.3 Å². The summed E-state index contributed by atoms with van der Waals surface area (Å²) >= 11 is 0. The predicted octanol–water partition coefficient (Wildman–Crippen LogP) is 1.69. The molecule has 2 rings (SSSR count). The summed E-state index contributed by atoms with van der Waals surface area (Å²) in [5.74, 6) is 0.233. The number of nitrogens with zero attached hydrogens (tertiary/aromatic N) is 3. The highest BCUT2D eigenvalue weighted by Gasteiger charge is 2.08. The molecule has 0 aliphatic rings. The second kappa shape index (κ2) is 3.96. The van der Waals surface area contributed by atoms with E-state index in [2.05, 4.69) is 5.10 Å². The van der Waals surface area contributed by atoms with Gasteiger partial charge in [-0.1, -0.05) is 19.9 Å². The Hall–Kier alpha value is -1.84. The molecule has 0 aromatic carbocycles. The van der Waals surface area contributed by atoms with Crippen LogP contribution in [0.3, 0.4) is 0 Å². The highest BCUT2D eigenvalue weighted by molar-refractivity contribution is 5.28. The fraction of sp³-hybridized carbons (Fsp3) is 0.333. The van der Waals surface area contributed by atoms with Crippen LogP contribution in [0.4, 0.5) is 0 Å². The van der Waals surface area contributed by atoms with Gasteiger partial charge in [0.05, 0.1) is 11.9 Å². The summed E-state index contributed by atoms with van der Waals surface area (Å²) in [6.07, 6.45) is 5.28. The topological polar surface area (TPSA) is 39.8 Å². The summed E-state index contributed by atoms with van der Waals surface area (Å²) in [5.41, 5.74) is 1.66. The molecule has 2 heterocycles. The van der Waals surface area contributed by atoms with Crippen LogP contribution < -0.4 is 5.56 Å². The third-order valence-corrected chi connectivity index (χ3v) is 2.57. The number of rotatable bonds is 2. The van der Waals surface area contributed by atoms with E-state index in [1.807, 2.05) is 39.2 Å². The van der Waals surface area contributed by atoms with Gasteiger partial charge < -0.3 is 0 Å². The fourth-order valence-corrected chi connectivity index (χ4v) is 1.69. The molecule has 16 heavy (non-hydrogen) atoms. The third-order valence-electron chi connectivity index (χ3n) is 2.57. The minimum Gasteiger partial charge on any atom is -0.281 e. The number of hydrogen-bond donors (Lipinski definition) is 0. The Labute approximate surface area is 94.1 Å². The van der Waals surface area contributed by atoms with Crippen LogP contribution in [0.1, 0.15) is 25.3 Å². The van der Waals surface area contributed by atoms with Gasteiger partial charge in [0.25, 0.3) is 5.56 Å². The molecule has 0 spiro atoms. The quantitative estimate of drug-likeness (QED) is 0.768. The first-order valence-corrected chi connectivity index (χ1v) is 5.30.